The second kappa shape index (κ2) is 8.89. The Morgan fingerprint density at radius 1 is 1.16 bits per heavy atom. The molecule has 2 aromatic carbocycles. The van der Waals surface area contributed by atoms with E-state index in [2.05, 4.69) is 25.9 Å². The number of hydrogen-bond acceptors (Lipinski definition) is 8. The lowest BCUT2D eigenvalue weighted by atomic mass is 10.1. The average Bonchev–Trinajstić information content (AvgIpc) is 3.40. The summed E-state index contributed by atoms with van der Waals surface area (Å²) in [6.07, 6.45) is 3.82. The van der Waals surface area contributed by atoms with Crippen LogP contribution in [0.1, 0.15) is 25.7 Å². The van der Waals surface area contributed by atoms with Gasteiger partial charge < -0.3 is 15.2 Å². The number of H-pyrrole nitrogens is 1. The van der Waals surface area contributed by atoms with Gasteiger partial charge in [-0.2, -0.15) is 5.21 Å². The number of phenolic OH excluding ortho intramolecular Hbond substituents is 1. The van der Waals surface area contributed by atoms with Gasteiger partial charge in [-0.3, -0.25) is 0 Å². The van der Waals surface area contributed by atoms with Crippen LogP contribution in [0, 0.1) is 5.92 Å². The number of aromatic nitrogens is 4. The number of rotatable bonds is 7. The van der Waals surface area contributed by atoms with Crippen molar-refractivity contribution in [3.63, 3.8) is 0 Å². The zero-order valence-corrected chi connectivity index (χ0v) is 18.5. The molecule has 3 aromatic rings. The predicted molar refractivity (Wildman–Crippen MR) is 116 cm³/mol. The van der Waals surface area contributed by atoms with E-state index in [-0.39, 0.29) is 49.8 Å². The van der Waals surface area contributed by atoms with E-state index in [9.17, 15) is 13.5 Å². The summed E-state index contributed by atoms with van der Waals surface area (Å²) in [4.78, 5) is -0.167. The zero-order valence-electron chi connectivity index (χ0n) is 16.2. The van der Waals surface area contributed by atoms with Crippen LogP contribution < -0.4 is 10.1 Å². The van der Waals surface area contributed by atoms with Crippen LogP contribution >= 0.6 is 23.2 Å². The van der Waals surface area contributed by atoms with Crippen molar-refractivity contribution in [1.82, 2.24) is 20.6 Å². The highest BCUT2D eigenvalue weighted by Gasteiger charge is 2.27. The third-order valence-corrected chi connectivity index (χ3v) is 7.48. The standard InChI is InChI=1S/C19H19Cl2N5O4S/c20-14-7-12(22-19-23-25-26-24-19)8-15(21)18(14)30-13-5-6-16(27)17(9-13)31(28,29)10-11-3-1-2-4-11/h5-9,11,27H,1-4,10H2,(H2,22,23,24,25,26). The SMILES string of the molecule is O=S(=O)(CC1CCCC1)c1cc(Oc2c(Cl)cc(Nc3nn[nH]n3)cc2Cl)ccc1O. The summed E-state index contributed by atoms with van der Waals surface area (Å²) in [5.41, 5.74) is 0.509. The molecule has 0 saturated heterocycles. The van der Waals surface area contributed by atoms with Crippen molar-refractivity contribution < 1.29 is 18.3 Å². The number of nitrogens with one attached hydrogen (secondary N) is 2. The van der Waals surface area contributed by atoms with E-state index >= 15 is 0 Å². The third kappa shape index (κ3) is 5.03. The summed E-state index contributed by atoms with van der Waals surface area (Å²) in [5, 5.41) is 26.7. The number of tetrazole rings is 1. The number of phenols is 1. The van der Waals surface area contributed by atoms with Gasteiger partial charge in [-0.25, -0.2) is 8.42 Å². The highest BCUT2D eigenvalue weighted by atomic mass is 35.5. The number of ether oxygens (including phenoxy) is 1. The molecular weight excluding hydrogens is 465 g/mol. The van der Waals surface area contributed by atoms with Crippen molar-refractivity contribution in [2.75, 3.05) is 11.1 Å². The van der Waals surface area contributed by atoms with Crippen molar-refractivity contribution in [3.05, 3.63) is 40.4 Å². The second-order valence-electron chi connectivity index (χ2n) is 7.29. The first kappa shape index (κ1) is 21.7. The molecule has 1 fully saturated rings. The first-order valence-corrected chi connectivity index (χ1v) is 12.0. The van der Waals surface area contributed by atoms with Gasteiger partial charge in [-0.05, 0) is 48.2 Å². The summed E-state index contributed by atoms with van der Waals surface area (Å²) >= 11 is 12.6. The lowest BCUT2D eigenvalue weighted by molar-refractivity contribution is 0.448. The van der Waals surface area contributed by atoms with E-state index in [1.807, 2.05) is 0 Å². The molecule has 0 bridgehead atoms. The number of anilines is 2. The molecule has 4 rings (SSSR count). The molecule has 0 amide bonds. The lowest BCUT2D eigenvalue weighted by Crippen LogP contribution is -2.14. The van der Waals surface area contributed by atoms with Crippen LogP contribution in [0.4, 0.5) is 11.6 Å². The number of benzene rings is 2. The molecular formula is C19H19Cl2N5O4S. The molecule has 1 aliphatic rings. The predicted octanol–water partition coefficient (Wildman–Crippen LogP) is 4.71. The van der Waals surface area contributed by atoms with Crippen LogP contribution in [0.3, 0.4) is 0 Å². The smallest absolute Gasteiger partial charge is 0.267 e. The minimum Gasteiger partial charge on any atom is -0.507 e. The third-order valence-electron chi connectivity index (χ3n) is 5.02. The maximum absolute atomic E-state index is 12.8. The van der Waals surface area contributed by atoms with Gasteiger partial charge in [-0.1, -0.05) is 41.1 Å². The van der Waals surface area contributed by atoms with E-state index in [1.165, 1.54) is 18.2 Å². The van der Waals surface area contributed by atoms with Crippen LogP contribution in [0.25, 0.3) is 0 Å². The maximum atomic E-state index is 12.8. The van der Waals surface area contributed by atoms with Gasteiger partial charge in [0.05, 0.1) is 15.8 Å². The van der Waals surface area contributed by atoms with Gasteiger partial charge in [-0.15, -0.1) is 5.10 Å². The van der Waals surface area contributed by atoms with Crippen LogP contribution in [0.5, 0.6) is 17.2 Å². The Bertz CT molecular complexity index is 1160. The normalized spacial score (nSPS) is 14.6. The summed E-state index contributed by atoms with van der Waals surface area (Å²) in [6, 6.07) is 7.12. The van der Waals surface area contributed by atoms with Gasteiger partial charge >= 0.3 is 0 Å². The Morgan fingerprint density at radius 2 is 1.87 bits per heavy atom. The largest absolute Gasteiger partial charge is 0.507 e. The van der Waals surface area contributed by atoms with Crippen LogP contribution in [0.15, 0.2) is 35.2 Å². The molecule has 164 valence electrons. The van der Waals surface area contributed by atoms with Gasteiger partial charge in [0.2, 0.25) is 0 Å². The van der Waals surface area contributed by atoms with Crippen LogP contribution in [-0.2, 0) is 9.84 Å². The second-order valence-corrected chi connectivity index (χ2v) is 10.1. The zero-order chi connectivity index (χ0) is 22.0. The van der Waals surface area contributed by atoms with E-state index < -0.39 is 9.84 Å². The van der Waals surface area contributed by atoms with Crippen molar-refractivity contribution in [2.45, 2.75) is 30.6 Å². The highest BCUT2D eigenvalue weighted by Crippen LogP contribution is 2.41. The number of aromatic amines is 1. The van der Waals surface area contributed by atoms with Crippen molar-refractivity contribution in [2.24, 2.45) is 5.92 Å². The minimum atomic E-state index is -3.67. The number of aromatic hydroxyl groups is 1. The molecule has 12 heteroatoms. The van der Waals surface area contributed by atoms with E-state index in [0.717, 1.165) is 25.7 Å². The van der Waals surface area contributed by atoms with E-state index in [4.69, 9.17) is 27.9 Å². The molecule has 31 heavy (non-hydrogen) atoms. The molecule has 3 N–H and O–H groups in total. The highest BCUT2D eigenvalue weighted by molar-refractivity contribution is 7.91. The quantitative estimate of drug-likeness (QED) is 0.440. The van der Waals surface area contributed by atoms with Crippen LogP contribution in [-0.4, -0.2) is 39.9 Å². The lowest BCUT2D eigenvalue weighted by Gasteiger charge is -2.14. The fourth-order valence-electron chi connectivity index (χ4n) is 3.58. The Morgan fingerprint density at radius 3 is 2.52 bits per heavy atom. The van der Waals surface area contributed by atoms with Crippen molar-refractivity contribution >= 4 is 44.7 Å². The van der Waals surface area contributed by atoms with Crippen molar-refractivity contribution in [1.29, 1.82) is 0 Å². The molecule has 0 unspecified atom stereocenters. The number of nitrogens with zero attached hydrogens (tertiary/aromatic N) is 3. The Labute approximate surface area is 188 Å². The first-order chi connectivity index (χ1) is 14.8. The molecule has 0 spiro atoms. The molecule has 1 heterocycles. The Hall–Kier alpha value is -2.56. The van der Waals surface area contributed by atoms with E-state index in [0.29, 0.717) is 5.69 Å². The fourth-order valence-corrected chi connectivity index (χ4v) is 5.96. The van der Waals surface area contributed by atoms with Gasteiger partial charge in [0.1, 0.15) is 16.4 Å². The summed E-state index contributed by atoms with van der Waals surface area (Å²) in [5.74, 6) is 0.357. The number of sulfone groups is 1. The molecule has 1 aromatic heterocycles. The number of hydrogen-bond donors (Lipinski definition) is 3. The molecule has 1 saturated carbocycles. The number of halogens is 2. The molecule has 0 radical (unpaired) electrons. The molecule has 9 nitrogen and oxygen atoms in total. The maximum Gasteiger partial charge on any atom is 0.267 e. The van der Waals surface area contributed by atoms with Gasteiger partial charge in [0, 0.05) is 11.8 Å². The monoisotopic (exact) mass is 483 g/mol. The summed E-state index contributed by atoms with van der Waals surface area (Å²) in [6.45, 7) is 0. The van der Waals surface area contributed by atoms with E-state index in [1.54, 1.807) is 12.1 Å². The average molecular weight is 484 g/mol. The first-order valence-electron chi connectivity index (χ1n) is 9.55. The molecule has 0 aliphatic heterocycles. The summed E-state index contributed by atoms with van der Waals surface area (Å²) in [7, 11) is -3.67. The van der Waals surface area contributed by atoms with Crippen LogP contribution in [0.2, 0.25) is 10.0 Å². The molecule has 1 aliphatic carbocycles. The van der Waals surface area contributed by atoms with Gasteiger partial charge in [0.25, 0.3) is 5.95 Å². The molecule has 0 atom stereocenters. The van der Waals surface area contributed by atoms with Crippen molar-refractivity contribution in [3.8, 4) is 17.2 Å². The Kier molecular flexibility index (Phi) is 6.22. The fraction of sp³-hybridized carbons (Fsp3) is 0.316. The summed E-state index contributed by atoms with van der Waals surface area (Å²) < 4.78 is 31.5. The topological polar surface area (TPSA) is 130 Å². The minimum absolute atomic E-state index is 0.00196. The Balaban J connectivity index is 1.57. The van der Waals surface area contributed by atoms with Gasteiger partial charge in [0.15, 0.2) is 15.6 Å².